The first kappa shape index (κ1) is 16.6. The van der Waals surface area contributed by atoms with E-state index < -0.39 is 22.5 Å². The number of hydrogen-bond donors (Lipinski definition) is 2. The van der Waals surface area contributed by atoms with Crippen molar-refractivity contribution in [2.45, 2.75) is 12.5 Å². The van der Waals surface area contributed by atoms with Crippen LogP contribution in [0.2, 0.25) is 0 Å². The molecular weight excluding hydrogens is 289 g/mol. The smallest absolute Gasteiger partial charge is 0.480 e. The number of carboxylic acids is 1. The van der Waals surface area contributed by atoms with Gasteiger partial charge in [0.2, 0.25) is 0 Å². The van der Waals surface area contributed by atoms with Crippen molar-refractivity contribution in [3.63, 3.8) is 0 Å². The SMILES string of the molecule is Cl.N[C@@H](Cc1cccc(OS(=O)(=O)F)c1)C(=O)O. The van der Waals surface area contributed by atoms with Crippen molar-refractivity contribution >= 4 is 28.9 Å². The van der Waals surface area contributed by atoms with E-state index in [0.29, 0.717) is 5.56 Å². The van der Waals surface area contributed by atoms with Crippen LogP contribution in [-0.4, -0.2) is 25.5 Å². The molecule has 0 aliphatic carbocycles. The van der Waals surface area contributed by atoms with Crippen LogP contribution in [-0.2, 0) is 21.7 Å². The minimum absolute atomic E-state index is 0. The number of hydrogen-bond acceptors (Lipinski definition) is 5. The molecule has 0 saturated heterocycles. The Morgan fingerprint density at radius 2 is 2.11 bits per heavy atom. The summed E-state index contributed by atoms with van der Waals surface area (Å²) in [4.78, 5) is 10.5. The van der Waals surface area contributed by atoms with Crippen LogP contribution in [0.25, 0.3) is 0 Å². The predicted octanol–water partition coefficient (Wildman–Crippen LogP) is 0.656. The summed E-state index contributed by atoms with van der Waals surface area (Å²) in [5, 5.41) is 8.59. The topological polar surface area (TPSA) is 107 Å². The van der Waals surface area contributed by atoms with Gasteiger partial charge < -0.3 is 15.0 Å². The van der Waals surface area contributed by atoms with Crippen molar-refractivity contribution in [1.29, 1.82) is 0 Å². The first-order valence-electron chi connectivity index (χ1n) is 4.49. The fraction of sp³-hybridized carbons (Fsp3) is 0.222. The molecule has 0 bridgehead atoms. The van der Waals surface area contributed by atoms with Gasteiger partial charge in [-0.2, -0.15) is 8.42 Å². The lowest BCUT2D eigenvalue weighted by Crippen LogP contribution is -2.32. The molecule has 9 heteroatoms. The first-order valence-corrected chi connectivity index (χ1v) is 5.80. The number of carboxylic acid groups (broad SMARTS) is 1. The monoisotopic (exact) mass is 299 g/mol. The first-order chi connectivity index (χ1) is 7.78. The van der Waals surface area contributed by atoms with Crippen molar-refractivity contribution in [3.8, 4) is 5.75 Å². The average molecular weight is 300 g/mol. The Morgan fingerprint density at radius 1 is 1.50 bits per heavy atom. The Kier molecular flexibility index (Phi) is 6.02. The van der Waals surface area contributed by atoms with E-state index in [2.05, 4.69) is 4.18 Å². The van der Waals surface area contributed by atoms with E-state index in [9.17, 15) is 17.1 Å². The summed E-state index contributed by atoms with van der Waals surface area (Å²) < 4.78 is 36.7. The van der Waals surface area contributed by atoms with Gasteiger partial charge in [-0.05, 0) is 24.1 Å². The van der Waals surface area contributed by atoms with Crippen LogP contribution < -0.4 is 9.92 Å². The maximum atomic E-state index is 12.2. The lowest BCUT2D eigenvalue weighted by atomic mass is 10.1. The molecule has 0 unspecified atom stereocenters. The number of carbonyl (C=O) groups is 1. The largest absolute Gasteiger partial charge is 0.488 e. The predicted molar refractivity (Wildman–Crippen MR) is 63.7 cm³/mol. The third-order valence-electron chi connectivity index (χ3n) is 1.87. The van der Waals surface area contributed by atoms with Gasteiger partial charge in [-0.1, -0.05) is 16.0 Å². The van der Waals surface area contributed by atoms with E-state index >= 15 is 0 Å². The summed E-state index contributed by atoms with van der Waals surface area (Å²) in [6.07, 6.45) is -0.0150. The summed E-state index contributed by atoms with van der Waals surface area (Å²) in [5.41, 5.74) is 5.72. The molecule has 0 saturated carbocycles. The molecule has 3 N–H and O–H groups in total. The summed E-state index contributed by atoms with van der Waals surface area (Å²) in [6.45, 7) is 0. The summed E-state index contributed by atoms with van der Waals surface area (Å²) >= 11 is 0. The second-order valence-corrected chi connectivity index (χ2v) is 4.23. The second-order valence-electron chi connectivity index (χ2n) is 3.27. The molecule has 1 aromatic carbocycles. The van der Waals surface area contributed by atoms with E-state index in [1.54, 1.807) is 0 Å². The van der Waals surface area contributed by atoms with Crippen LogP contribution in [0.4, 0.5) is 3.89 Å². The van der Waals surface area contributed by atoms with Gasteiger partial charge in [-0.3, -0.25) is 4.79 Å². The Morgan fingerprint density at radius 3 is 2.61 bits per heavy atom. The molecule has 0 aliphatic rings. The van der Waals surface area contributed by atoms with Gasteiger partial charge in [0.25, 0.3) is 0 Å². The molecule has 1 rings (SSSR count). The molecule has 0 amide bonds. The van der Waals surface area contributed by atoms with E-state index in [-0.39, 0.29) is 24.6 Å². The van der Waals surface area contributed by atoms with E-state index in [1.807, 2.05) is 0 Å². The Bertz CT molecular complexity index is 521. The van der Waals surface area contributed by atoms with Crippen molar-refractivity contribution in [2.75, 3.05) is 0 Å². The third kappa shape index (κ3) is 5.80. The number of nitrogens with two attached hydrogens (primary N) is 1. The van der Waals surface area contributed by atoms with Gasteiger partial charge >= 0.3 is 16.5 Å². The zero-order chi connectivity index (χ0) is 13.1. The van der Waals surface area contributed by atoms with Crippen LogP contribution in [0.15, 0.2) is 24.3 Å². The highest BCUT2D eigenvalue weighted by Gasteiger charge is 2.14. The number of benzene rings is 1. The quantitative estimate of drug-likeness (QED) is 0.773. The molecule has 1 aromatic rings. The van der Waals surface area contributed by atoms with Crippen molar-refractivity contribution < 1.29 is 26.4 Å². The Hall–Kier alpha value is -1.38. The van der Waals surface area contributed by atoms with Crippen LogP contribution in [0.3, 0.4) is 0 Å². The molecule has 0 radical (unpaired) electrons. The minimum atomic E-state index is -5.09. The zero-order valence-corrected chi connectivity index (χ0v) is 10.6. The fourth-order valence-electron chi connectivity index (χ4n) is 1.18. The molecule has 0 aliphatic heterocycles. The Balaban J connectivity index is 0.00000289. The normalized spacial score (nSPS) is 12.3. The van der Waals surface area contributed by atoms with Gasteiger partial charge in [0.05, 0.1) is 0 Å². The Labute approximate surface area is 109 Å². The zero-order valence-electron chi connectivity index (χ0n) is 8.95. The lowest BCUT2D eigenvalue weighted by Gasteiger charge is -2.07. The van der Waals surface area contributed by atoms with Crippen LogP contribution in [0.5, 0.6) is 5.75 Å². The van der Waals surface area contributed by atoms with Crippen LogP contribution in [0, 0.1) is 0 Å². The molecule has 1 atom stereocenters. The van der Waals surface area contributed by atoms with Crippen LogP contribution >= 0.6 is 12.4 Å². The molecule has 18 heavy (non-hydrogen) atoms. The molecule has 0 fully saturated rings. The molecule has 0 aromatic heterocycles. The number of rotatable bonds is 5. The summed E-state index contributed by atoms with van der Waals surface area (Å²) in [5.74, 6) is -1.42. The number of halogens is 2. The van der Waals surface area contributed by atoms with E-state index in [0.717, 1.165) is 0 Å². The summed E-state index contributed by atoms with van der Waals surface area (Å²) in [7, 11) is -5.09. The minimum Gasteiger partial charge on any atom is -0.480 e. The maximum absolute atomic E-state index is 12.2. The maximum Gasteiger partial charge on any atom is 0.488 e. The highest BCUT2D eigenvalue weighted by Crippen LogP contribution is 2.16. The molecule has 0 heterocycles. The van der Waals surface area contributed by atoms with Crippen molar-refractivity contribution in [1.82, 2.24) is 0 Å². The van der Waals surface area contributed by atoms with Gasteiger partial charge in [0, 0.05) is 0 Å². The molecule has 102 valence electrons. The highest BCUT2D eigenvalue weighted by atomic mass is 35.5. The average Bonchev–Trinajstić information content (AvgIpc) is 2.15. The van der Waals surface area contributed by atoms with Gasteiger partial charge in [0.15, 0.2) is 0 Å². The molecule has 0 spiro atoms. The van der Waals surface area contributed by atoms with Gasteiger partial charge in [-0.15, -0.1) is 12.4 Å². The fourth-order valence-corrected chi connectivity index (χ4v) is 1.51. The van der Waals surface area contributed by atoms with Gasteiger partial charge in [-0.25, -0.2) is 0 Å². The second kappa shape index (κ2) is 6.53. The molecular formula is C9H11ClFNO5S. The summed E-state index contributed by atoms with van der Waals surface area (Å²) in [6, 6.07) is 4.25. The van der Waals surface area contributed by atoms with Crippen molar-refractivity contribution in [3.05, 3.63) is 29.8 Å². The van der Waals surface area contributed by atoms with Gasteiger partial charge in [0.1, 0.15) is 11.8 Å². The molecule has 6 nitrogen and oxygen atoms in total. The third-order valence-corrected chi connectivity index (χ3v) is 2.26. The lowest BCUT2D eigenvalue weighted by molar-refractivity contribution is -0.138. The van der Waals surface area contributed by atoms with Crippen molar-refractivity contribution in [2.24, 2.45) is 5.73 Å². The van der Waals surface area contributed by atoms with Crippen LogP contribution in [0.1, 0.15) is 5.56 Å². The number of aliphatic carboxylic acids is 1. The standard InChI is InChI=1S/C9H10FNO5S.ClH/c10-17(14,15)16-7-3-1-2-6(4-7)5-8(11)9(12)13;/h1-4,8H,5,11H2,(H,12,13);1H/t8-;/m0./s1. The highest BCUT2D eigenvalue weighted by molar-refractivity contribution is 7.81. The van der Waals surface area contributed by atoms with E-state index in [1.165, 1.54) is 24.3 Å². The van der Waals surface area contributed by atoms with E-state index in [4.69, 9.17) is 10.8 Å².